The number of aromatic nitrogens is 1. The second kappa shape index (κ2) is 4.93. The van der Waals surface area contributed by atoms with Crippen molar-refractivity contribution in [3.05, 3.63) is 54.1 Å². The number of halogens is 1. The normalized spacial score (nSPS) is 12.2. The minimum absolute atomic E-state index is 0.169. The fraction of sp³-hybridized carbons (Fsp3) is 0.154. The molecule has 0 spiro atoms. The van der Waals surface area contributed by atoms with Gasteiger partial charge in [-0.3, -0.25) is 4.98 Å². The Morgan fingerprint density at radius 3 is 2.76 bits per heavy atom. The molecular weight excluding hydrogens is 219 g/mol. The van der Waals surface area contributed by atoms with E-state index in [0.29, 0.717) is 5.75 Å². The van der Waals surface area contributed by atoms with E-state index in [1.807, 2.05) is 0 Å². The van der Waals surface area contributed by atoms with Gasteiger partial charge in [-0.05, 0) is 36.8 Å². The van der Waals surface area contributed by atoms with Gasteiger partial charge >= 0.3 is 0 Å². The molecule has 2 N–H and O–H groups in total. The van der Waals surface area contributed by atoms with Crippen LogP contribution in [-0.4, -0.2) is 4.98 Å². The van der Waals surface area contributed by atoms with E-state index in [0.717, 1.165) is 5.56 Å². The van der Waals surface area contributed by atoms with Crippen molar-refractivity contribution in [2.24, 2.45) is 5.73 Å². The van der Waals surface area contributed by atoms with E-state index in [2.05, 4.69) is 4.98 Å². The summed E-state index contributed by atoms with van der Waals surface area (Å²) in [4.78, 5) is 3.89. The molecule has 3 nitrogen and oxygen atoms in total. The highest BCUT2D eigenvalue weighted by Crippen LogP contribution is 2.25. The molecule has 0 aliphatic heterocycles. The summed E-state index contributed by atoms with van der Waals surface area (Å²) < 4.78 is 19.1. The SMILES string of the molecule is CC(N)c1ccc(Oc2cccnc2)c(F)c1. The fourth-order valence-corrected chi connectivity index (χ4v) is 1.42. The van der Waals surface area contributed by atoms with Crippen molar-refractivity contribution in [1.29, 1.82) is 0 Å². The van der Waals surface area contributed by atoms with Gasteiger partial charge in [-0.2, -0.15) is 0 Å². The number of ether oxygens (including phenoxy) is 1. The van der Waals surface area contributed by atoms with Crippen LogP contribution in [0.3, 0.4) is 0 Å². The largest absolute Gasteiger partial charge is 0.453 e. The zero-order chi connectivity index (χ0) is 12.3. The van der Waals surface area contributed by atoms with Crippen LogP contribution in [0.4, 0.5) is 4.39 Å². The highest BCUT2D eigenvalue weighted by Gasteiger charge is 2.08. The van der Waals surface area contributed by atoms with E-state index in [1.165, 1.54) is 12.3 Å². The first kappa shape index (κ1) is 11.5. The average Bonchev–Trinajstić information content (AvgIpc) is 2.33. The van der Waals surface area contributed by atoms with Gasteiger partial charge < -0.3 is 10.5 Å². The molecule has 0 amide bonds. The maximum atomic E-state index is 13.7. The molecule has 0 saturated heterocycles. The van der Waals surface area contributed by atoms with Crippen LogP contribution < -0.4 is 10.5 Å². The standard InChI is InChI=1S/C13H13FN2O/c1-9(15)10-4-5-13(12(14)7-10)17-11-3-2-6-16-8-11/h2-9H,15H2,1H3. The number of benzene rings is 1. The van der Waals surface area contributed by atoms with E-state index < -0.39 is 5.82 Å². The van der Waals surface area contributed by atoms with Gasteiger partial charge in [0.1, 0.15) is 5.75 Å². The third kappa shape index (κ3) is 2.79. The van der Waals surface area contributed by atoms with Crippen LogP contribution in [0.1, 0.15) is 18.5 Å². The summed E-state index contributed by atoms with van der Waals surface area (Å²) in [6.07, 6.45) is 3.15. The molecule has 2 aromatic rings. The molecule has 1 atom stereocenters. The highest BCUT2D eigenvalue weighted by atomic mass is 19.1. The molecule has 1 heterocycles. The number of nitrogens with two attached hydrogens (primary N) is 1. The molecule has 0 bridgehead atoms. The van der Waals surface area contributed by atoms with Crippen molar-refractivity contribution in [2.45, 2.75) is 13.0 Å². The minimum atomic E-state index is -0.427. The van der Waals surface area contributed by atoms with Crippen molar-refractivity contribution >= 4 is 0 Å². The zero-order valence-electron chi connectivity index (χ0n) is 9.43. The first-order valence-corrected chi connectivity index (χ1v) is 5.30. The summed E-state index contributed by atoms with van der Waals surface area (Å²) in [5.74, 6) is 0.242. The van der Waals surface area contributed by atoms with Crippen LogP contribution >= 0.6 is 0 Å². The molecule has 4 heteroatoms. The Morgan fingerprint density at radius 2 is 2.18 bits per heavy atom. The van der Waals surface area contributed by atoms with E-state index in [-0.39, 0.29) is 11.8 Å². The Balaban J connectivity index is 2.23. The van der Waals surface area contributed by atoms with E-state index in [4.69, 9.17) is 10.5 Å². The van der Waals surface area contributed by atoms with E-state index in [1.54, 1.807) is 37.4 Å². The Morgan fingerprint density at radius 1 is 1.35 bits per heavy atom. The highest BCUT2D eigenvalue weighted by molar-refractivity contribution is 5.34. The van der Waals surface area contributed by atoms with Gasteiger partial charge in [0.15, 0.2) is 11.6 Å². The van der Waals surface area contributed by atoms with Crippen molar-refractivity contribution < 1.29 is 9.13 Å². The Labute approximate surface area is 99.1 Å². The molecule has 0 saturated carbocycles. The molecule has 0 radical (unpaired) electrons. The van der Waals surface area contributed by atoms with Crippen molar-refractivity contribution in [2.75, 3.05) is 0 Å². The van der Waals surface area contributed by atoms with Gasteiger partial charge in [0.2, 0.25) is 0 Å². The molecule has 17 heavy (non-hydrogen) atoms. The third-order valence-corrected chi connectivity index (χ3v) is 2.34. The maximum Gasteiger partial charge on any atom is 0.166 e. The summed E-state index contributed by atoms with van der Waals surface area (Å²) in [6.45, 7) is 1.80. The van der Waals surface area contributed by atoms with E-state index >= 15 is 0 Å². The molecule has 1 aromatic carbocycles. The van der Waals surface area contributed by atoms with Crippen LogP contribution in [0.2, 0.25) is 0 Å². The first-order chi connectivity index (χ1) is 8.16. The smallest absolute Gasteiger partial charge is 0.166 e. The number of nitrogens with zero attached hydrogens (tertiary/aromatic N) is 1. The van der Waals surface area contributed by atoms with Crippen molar-refractivity contribution in [3.63, 3.8) is 0 Å². The first-order valence-electron chi connectivity index (χ1n) is 5.30. The van der Waals surface area contributed by atoms with Gasteiger partial charge in [0.05, 0.1) is 6.20 Å². The second-order valence-electron chi connectivity index (χ2n) is 3.77. The van der Waals surface area contributed by atoms with Gasteiger partial charge in [0.25, 0.3) is 0 Å². The average molecular weight is 232 g/mol. The number of hydrogen-bond donors (Lipinski definition) is 1. The lowest BCUT2D eigenvalue weighted by Crippen LogP contribution is -2.05. The lowest BCUT2D eigenvalue weighted by molar-refractivity contribution is 0.439. The molecular formula is C13H13FN2O. The third-order valence-electron chi connectivity index (χ3n) is 2.34. The lowest BCUT2D eigenvalue weighted by Gasteiger charge is -2.09. The van der Waals surface area contributed by atoms with Crippen LogP contribution in [-0.2, 0) is 0 Å². The monoisotopic (exact) mass is 232 g/mol. The summed E-state index contributed by atoms with van der Waals surface area (Å²) in [7, 11) is 0. The molecule has 1 unspecified atom stereocenters. The maximum absolute atomic E-state index is 13.7. The molecule has 88 valence electrons. The topological polar surface area (TPSA) is 48.1 Å². The van der Waals surface area contributed by atoms with Crippen molar-refractivity contribution in [3.8, 4) is 11.5 Å². The predicted molar refractivity (Wildman–Crippen MR) is 63.3 cm³/mol. The second-order valence-corrected chi connectivity index (χ2v) is 3.77. The van der Waals surface area contributed by atoms with E-state index in [9.17, 15) is 4.39 Å². The predicted octanol–water partition coefficient (Wildman–Crippen LogP) is 3.03. The molecule has 0 aliphatic rings. The van der Waals surface area contributed by atoms with Gasteiger partial charge in [0, 0.05) is 12.2 Å². The number of rotatable bonds is 3. The van der Waals surface area contributed by atoms with Crippen LogP contribution in [0.15, 0.2) is 42.7 Å². The quantitative estimate of drug-likeness (QED) is 0.884. The summed E-state index contributed by atoms with van der Waals surface area (Å²) >= 11 is 0. The zero-order valence-corrected chi connectivity index (χ0v) is 9.43. The number of pyridine rings is 1. The fourth-order valence-electron chi connectivity index (χ4n) is 1.42. The van der Waals surface area contributed by atoms with Gasteiger partial charge in [-0.15, -0.1) is 0 Å². The summed E-state index contributed by atoms with van der Waals surface area (Å²) in [5, 5.41) is 0. The van der Waals surface area contributed by atoms with Gasteiger partial charge in [-0.25, -0.2) is 4.39 Å². The molecule has 2 rings (SSSR count). The minimum Gasteiger partial charge on any atom is -0.453 e. The lowest BCUT2D eigenvalue weighted by atomic mass is 10.1. The molecule has 1 aromatic heterocycles. The Hall–Kier alpha value is -1.94. The Bertz CT molecular complexity index is 500. The molecule has 0 aliphatic carbocycles. The van der Waals surface area contributed by atoms with Crippen LogP contribution in [0, 0.1) is 5.82 Å². The van der Waals surface area contributed by atoms with Crippen LogP contribution in [0.25, 0.3) is 0 Å². The van der Waals surface area contributed by atoms with Crippen molar-refractivity contribution in [1.82, 2.24) is 4.98 Å². The summed E-state index contributed by atoms with van der Waals surface area (Å²) in [6, 6.07) is 7.95. The van der Waals surface area contributed by atoms with Gasteiger partial charge in [-0.1, -0.05) is 6.07 Å². The Kier molecular flexibility index (Phi) is 3.35. The summed E-state index contributed by atoms with van der Waals surface area (Å²) in [5.41, 5.74) is 6.40. The molecule has 0 fully saturated rings. The van der Waals surface area contributed by atoms with Crippen LogP contribution in [0.5, 0.6) is 11.5 Å². The number of hydrogen-bond acceptors (Lipinski definition) is 3.